The van der Waals surface area contributed by atoms with Crippen molar-refractivity contribution in [2.45, 2.75) is 36.5 Å². The molecule has 0 aromatic heterocycles. The zero-order valence-electron chi connectivity index (χ0n) is 27.5. The Morgan fingerprint density at radius 1 is 0.615 bits per heavy atom. The van der Waals surface area contributed by atoms with Gasteiger partial charge in [0, 0.05) is 17.7 Å². The number of rotatable bonds is 13. The number of amides is 4. The molecule has 4 aromatic rings. The fraction of sp³-hybridized carbons (Fsp3) is 0.114. The second-order valence-electron chi connectivity index (χ2n) is 11.3. The second-order valence-corrected chi connectivity index (χ2v) is 14.6. The maximum atomic E-state index is 13.0. The van der Waals surface area contributed by atoms with E-state index >= 15 is 0 Å². The van der Waals surface area contributed by atoms with Gasteiger partial charge in [0.2, 0.25) is 0 Å². The minimum atomic E-state index is -4.29. The lowest BCUT2D eigenvalue weighted by Gasteiger charge is -2.14. The van der Waals surface area contributed by atoms with Crippen LogP contribution in [0.1, 0.15) is 49.4 Å². The lowest BCUT2D eigenvalue weighted by Crippen LogP contribution is -2.34. The molecule has 0 bridgehead atoms. The highest BCUT2D eigenvalue weighted by Crippen LogP contribution is 2.25. The van der Waals surface area contributed by atoms with Crippen molar-refractivity contribution in [1.29, 1.82) is 0 Å². The van der Waals surface area contributed by atoms with Crippen LogP contribution in [0.4, 0.5) is 21.0 Å². The molecule has 0 aliphatic carbocycles. The van der Waals surface area contributed by atoms with Crippen LogP contribution in [0.2, 0.25) is 0 Å². The third-order valence-corrected chi connectivity index (χ3v) is 10.1. The molecule has 0 aliphatic heterocycles. The van der Waals surface area contributed by atoms with E-state index in [2.05, 4.69) is 10.6 Å². The SMILES string of the molecule is Cc1ccc(S(=O)(=O)NC(=O)Nc2cccc(C(=O)O)c2C=CC(=O)CCc2c(NC(=O)NS(=O)(=O)c3ccc(C)cc3)cccc2C(=O)O)cc1. The van der Waals surface area contributed by atoms with Crippen LogP contribution in [-0.2, 0) is 31.3 Å². The Kier molecular flexibility index (Phi) is 11.9. The zero-order chi connectivity index (χ0) is 38.2. The number of sulfonamides is 2. The predicted octanol–water partition coefficient (Wildman–Crippen LogP) is 4.94. The molecule has 0 aliphatic rings. The molecule has 15 nitrogen and oxygen atoms in total. The first-order valence-electron chi connectivity index (χ1n) is 15.2. The van der Waals surface area contributed by atoms with Crippen LogP contribution < -0.4 is 20.1 Å². The first-order chi connectivity index (χ1) is 24.5. The highest BCUT2D eigenvalue weighted by Gasteiger charge is 2.22. The summed E-state index contributed by atoms with van der Waals surface area (Å²) >= 11 is 0. The summed E-state index contributed by atoms with van der Waals surface area (Å²) in [6.07, 6.45) is 1.48. The first kappa shape index (κ1) is 38.5. The van der Waals surface area contributed by atoms with Crippen molar-refractivity contribution in [3.05, 3.63) is 124 Å². The number of carboxylic acid groups (broad SMARTS) is 2. The van der Waals surface area contributed by atoms with Gasteiger partial charge in [-0.2, -0.15) is 0 Å². The number of carbonyl (C=O) groups excluding carboxylic acids is 3. The van der Waals surface area contributed by atoms with Gasteiger partial charge < -0.3 is 20.8 Å². The Morgan fingerprint density at radius 3 is 1.54 bits per heavy atom. The van der Waals surface area contributed by atoms with Crippen molar-refractivity contribution < 1.29 is 51.0 Å². The van der Waals surface area contributed by atoms with E-state index < -0.39 is 49.8 Å². The van der Waals surface area contributed by atoms with Gasteiger partial charge in [0.05, 0.1) is 26.6 Å². The van der Waals surface area contributed by atoms with Crippen LogP contribution >= 0.6 is 0 Å². The normalized spacial score (nSPS) is 11.4. The predicted molar refractivity (Wildman–Crippen MR) is 190 cm³/mol. The molecule has 0 fully saturated rings. The third kappa shape index (κ3) is 9.89. The molecule has 0 saturated carbocycles. The van der Waals surface area contributed by atoms with E-state index in [1.807, 2.05) is 9.44 Å². The Morgan fingerprint density at radius 2 is 1.06 bits per heavy atom. The lowest BCUT2D eigenvalue weighted by atomic mass is 9.98. The number of hydrogen-bond donors (Lipinski definition) is 6. The van der Waals surface area contributed by atoms with Gasteiger partial charge in [-0.05, 0) is 86.5 Å². The number of urea groups is 2. The average molecular weight is 749 g/mol. The van der Waals surface area contributed by atoms with E-state index in [1.165, 1.54) is 72.8 Å². The molecule has 0 saturated heterocycles. The van der Waals surface area contributed by atoms with Gasteiger partial charge in [-0.1, -0.05) is 47.5 Å². The molecule has 4 aromatic carbocycles. The summed E-state index contributed by atoms with van der Waals surface area (Å²) in [5, 5.41) is 24.1. The second kappa shape index (κ2) is 16.1. The Hall–Kier alpha value is -6.33. The molecule has 6 N–H and O–H groups in total. The summed E-state index contributed by atoms with van der Waals surface area (Å²) < 4.78 is 54.4. The monoisotopic (exact) mass is 748 g/mol. The summed E-state index contributed by atoms with van der Waals surface area (Å²) in [4.78, 5) is 62.1. The van der Waals surface area contributed by atoms with Gasteiger partial charge >= 0.3 is 24.0 Å². The van der Waals surface area contributed by atoms with Crippen LogP contribution in [0, 0.1) is 13.8 Å². The molecule has 0 unspecified atom stereocenters. The number of nitrogens with one attached hydrogen (secondary N) is 4. The number of carboxylic acids is 2. The van der Waals surface area contributed by atoms with Crippen LogP contribution in [0.25, 0.3) is 6.08 Å². The van der Waals surface area contributed by atoms with E-state index in [-0.39, 0.29) is 56.3 Å². The lowest BCUT2D eigenvalue weighted by molar-refractivity contribution is -0.114. The van der Waals surface area contributed by atoms with E-state index in [0.717, 1.165) is 23.3 Å². The number of carbonyl (C=O) groups is 5. The highest BCUT2D eigenvalue weighted by molar-refractivity contribution is 7.90. The van der Waals surface area contributed by atoms with Crippen LogP contribution in [0.15, 0.2) is 101 Å². The van der Waals surface area contributed by atoms with Crippen molar-refractivity contribution in [2.75, 3.05) is 10.6 Å². The van der Waals surface area contributed by atoms with Gasteiger partial charge in [0.15, 0.2) is 5.78 Å². The topological polar surface area (TPSA) is 242 Å². The molecule has 270 valence electrons. The van der Waals surface area contributed by atoms with Crippen molar-refractivity contribution in [1.82, 2.24) is 9.44 Å². The number of ketones is 1. The third-order valence-electron chi connectivity index (χ3n) is 7.41. The number of anilines is 2. The van der Waals surface area contributed by atoms with Crippen molar-refractivity contribution in [3.8, 4) is 0 Å². The van der Waals surface area contributed by atoms with E-state index in [0.29, 0.717) is 0 Å². The number of benzene rings is 4. The number of hydrogen-bond acceptors (Lipinski definition) is 9. The molecule has 52 heavy (non-hydrogen) atoms. The van der Waals surface area contributed by atoms with Gasteiger partial charge in [0.25, 0.3) is 20.0 Å². The van der Waals surface area contributed by atoms with Gasteiger partial charge in [-0.3, -0.25) is 4.79 Å². The molecule has 0 heterocycles. The van der Waals surface area contributed by atoms with E-state index in [4.69, 9.17) is 0 Å². The quantitative estimate of drug-likeness (QED) is 0.100. The smallest absolute Gasteiger partial charge is 0.336 e. The molecule has 4 amide bonds. The van der Waals surface area contributed by atoms with E-state index in [9.17, 15) is 51.0 Å². The summed E-state index contributed by atoms with van der Waals surface area (Å²) in [5.74, 6) is -3.43. The fourth-order valence-electron chi connectivity index (χ4n) is 4.81. The standard InChI is InChI=1S/C35H32N4O11S2/c1-21-9-15-24(16-10-21)51(47,48)38-34(45)36-30-7-3-5-28(32(41)42)26(30)19-13-23(40)14-20-27-29(33(43)44)6-4-8-31(27)37-35(46)39-52(49,50)25-17-11-22(2)12-18-25/h3-13,15-19H,14,20H2,1-2H3,(H,41,42)(H,43,44)(H2,36,38,45)(H2,37,39,46). The summed E-state index contributed by atoms with van der Waals surface area (Å²) in [6, 6.07) is 16.7. The molecule has 17 heteroatoms. The minimum Gasteiger partial charge on any atom is -0.478 e. The van der Waals surface area contributed by atoms with Crippen LogP contribution in [-0.4, -0.2) is 56.8 Å². The number of aromatic carboxylic acids is 2. The molecule has 0 atom stereocenters. The van der Waals surface area contributed by atoms with Crippen molar-refractivity contribution in [3.63, 3.8) is 0 Å². The molecule has 0 radical (unpaired) electrons. The average Bonchev–Trinajstić information content (AvgIpc) is 3.06. The van der Waals surface area contributed by atoms with Gasteiger partial charge in [-0.25, -0.2) is 45.5 Å². The van der Waals surface area contributed by atoms with Crippen LogP contribution in [0.5, 0.6) is 0 Å². The maximum absolute atomic E-state index is 13.0. The molecular formula is C35H32N4O11S2. The largest absolute Gasteiger partial charge is 0.478 e. The highest BCUT2D eigenvalue weighted by atomic mass is 32.2. The summed E-state index contributed by atoms with van der Waals surface area (Å²) in [5.41, 5.74) is 0.601. The van der Waals surface area contributed by atoms with Gasteiger partial charge in [0.1, 0.15) is 0 Å². The Bertz CT molecular complexity index is 2300. The summed E-state index contributed by atoms with van der Waals surface area (Å²) in [7, 11) is -8.57. The molecular weight excluding hydrogens is 717 g/mol. The molecule has 4 rings (SSSR count). The number of allylic oxidation sites excluding steroid dienone is 1. The van der Waals surface area contributed by atoms with Crippen molar-refractivity contribution in [2.24, 2.45) is 0 Å². The maximum Gasteiger partial charge on any atom is 0.336 e. The van der Waals surface area contributed by atoms with Gasteiger partial charge in [-0.15, -0.1) is 0 Å². The van der Waals surface area contributed by atoms with E-state index in [1.54, 1.807) is 26.0 Å². The van der Waals surface area contributed by atoms with Crippen molar-refractivity contribution >= 4 is 67.3 Å². The first-order valence-corrected chi connectivity index (χ1v) is 18.2. The van der Waals surface area contributed by atoms with Crippen LogP contribution in [0.3, 0.4) is 0 Å². The molecule has 0 spiro atoms. The number of aryl methyl sites for hydroxylation is 2. The Balaban J connectivity index is 1.51. The fourth-order valence-corrected chi connectivity index (χ4v) is 6.63. The summed E-state index contributed by atoms with van der Waals surface area (Å²) in [6.45, 7) is 3.50. The zero-order valence-corrected chi connectivity index (χ0v) is 29.2. The Labute approximate surface area is 298 Å². The minimum absolute atomic E-state index is 0.000572.